The number of hydrogen-bond acceptors (Lipinski definition) is 3. The Morgan fingerprint density at radius 2 is 2.19 bits per heavy atom. The van der Waals surface area contributed by atoms with Gasteiger partial charge in [-0.25, -0.2) is 17.6 Å². The first-order valence-corrected chi connectivity index (χ1v) is 8.57. The molecule has 0 aromatic heterocycles. The van der Waals surface area contributed by atoms with E-state index in [0.717, 1.165) is 5.56 Å². The van der Waals surface area contributed by atoms with Gasteiger partial charge in [-0.2, -0.15) is 0 Å². The number of nitrogens with zero attached hydrogens (tertiary/aromatic N) is 1. The molecule has 0 bridgehead atoms. The Morgan fingerprint density at radius 3 is 2.76 bits per heavy atom. The van der Waals surface area contributed by atoms with Gasteiger partial charge in [0.25, 0.3) is 0 Å². The summed E-state index contributed by atoms with van der Waals surface area (Å²) in [6.45, 7) is 1.94. The number of urea groups is 1. The number of carbonyl (C=O) groups is 1. The molecule has 0 spiro atoms. The van der Waals surface area contributed by atoms with Gasteiger partial charge in [-0.15, -0.1) is 0 Å². The third kappa shape index (κ3) is 3.93. The third-order valence-corrected chi connectivity index (χ3v) is 5.49. The van der Waals surface area contributed by atoms with Gasteiger partial charge in [0, 0.05) is 19.6 Å². The second kappa shape index (κ2) is 6.01. The number of carbonyl (C=O) groups excluding carboxylic acids is 1. The number of sulfone groups is 1. The smallest absolute Gasteiger partial charge is 0.317 e. The minimum absolute atomic E-state index is 0.0204. The molecule has 1 saturated heterocycles. The fourth-order valence-electron chi connectivity index (χ4n) is 2.37. The van der Waals surface area contributed by atoms with E-state index in [9.17, 15) is 17.6 Å². The van der Waals surface area contributed by atoms with Gasteiger partial charge in [-0.1, -0.05) is 12.1 Å². The van der Waals surface area contributed by atoms with Crippen LogP contribution in [0.5, 0.6) is 0 Å². The molecule has 1 aliphatic heterocycles. The Balaban J connectivity index is 1.91. The molecule has 1 aliphatic rings. The van der Waals surface area contributed by atoms with Gasteiger partial charge in [-0.3, -0.25) is 0 Å². The van der Waals surface area contributed by atoms with Gasteiger partial charge in [0.05, 0.1) is 11.5 Å². The van der Waals surface area contributed by atoms with E-state index in [1.165, 1.54) is 11.0 Å². The Labute approximate surface area is 124 Å². The average Bonchev–Trinajstić information content (AvgIpc) is 2.79. The van der Waals surface area contributed by atoms with Crippen LogP contribution in [0.1, 0.15) is 17.5 Å². The minimum atomic E-state index is -3.01. The molecular formula is C14H19FN2O3S. The van der Waals surface area contributed by atoms with Crippen LogP contribution < -0.4 is 5.32 Å². The van der Waals surface area contributed by atoms with Crippen LogP contribution in [0.15, 0.2) is 18.2 Å². The number of benzene rings is 1. The van der Waals surface area contributed by atoms with Crippen molar-refractivity contribution in [1.29, 1.82) is 0 Å². The Morgan fingerprint density at radius 1 is 1.48 bits per heavy atom. The Bertz CT molecular complexity index is 646. The largest absolute Gasteiger partial charge is 0.334 e. The third-order valence-electron chi connectivity index (χ3n) is 3.74. The van der Waals surface area contributed by atoms with Gasteiger partial charge >= 0.3 is 6.03 Å². The summed E-state index contributed by atoms with van der Waals surface area (Å²) in [5, 5.41) is 2.72. The summed E-state index contributed by atoms with van der Waals surface area (Å²) in [5.74, 6) is -0.127. The summed E-state index contributed by atoms with van der Waals surface area (Å²) in [4.78, 5) is 13.4. The van der Waals surface area contributed by atoms with Crippen LogP contribution in [0.25, 0.3) is 0 Å². The molecule has 5 nitrogen and oxygen atoms in total. The number of nitrogens with one attached hydrogen (secondary N) is 1. The van der Waals surface area contributed by atoms with Crippen molar-refractivity contribution in [2.24, 2.45) is 0 Å². The topological polar surface area (TPSA) is 66.5 Å². The minimum Gasteiger partial charge on any atom is -0.334 e. The molecule has 1 N–H and O–H groups in total. The molecular weight excluding hydrogens is 295 g/mol. The molecule has 0 saturated carbocycles. The molecule has 1 heterocycles. The van der Waals surface area contributed by atoms with Crippen LogP contribution in [0, 0.1) is 12.7 Å². The molecule has 1 fully saturated rings. The number of hydrogen-bond donors (Lipinski definition) is 1. The zero-order chi connectivity index (χ0) is 15.6. The number of halogens is 1. The van der Waals surface area contributed by atoms with Crippen molar-refractivity contribution in [1.82, 2.24) is 10.2 Å². The SMILES string of the molecule is Cc1cc(CNC(=O)N(C)[C@@H]2CCS(=O)(=O)C2)ccc1F. The number of aryl methyl sites for hydroxylation is 1. The standard InChI is InChI=1S/C14H19FN2O3S/c1-10-7-11(3-4-13(10)15)8-16-14(18)17(2)12-5-6-21(19,20)9-12/h3-4,7,12H,5-6,8-9H2,1-2H3,(H,16,18)/t12-/m1/s1. The summed E-state index contributed by atoms with van der Waals surface area (Å²) < 4.78 is 36.0. The Hall–Kier alpha value is -1.63. The highest BCUT2D eigenvalue weighted by Crippen LogP contribution is 2.16. The normalized spacial score (nSPS) is 20.2. The predicted octanol–water partition coefficient (Wildman–Crippen LogP) is 1.46. The predicted molar refractivity (Wildman–Crippen MR) is 78.2 cm³/mol. The maximum atomic E-state index is 13.2. The van der Waals surface area contributed by atoms with Crippen molar-refractivity contribution in [3.05, 3.63) is 35.1 Å². The summed E-state index contributed by atoms with van der Waals surface area (Å²) in [6, 6.07) is 4.06. The van der Waals surface area contributed by atoms with Gasteiger partial charge in [0.2, 0.25) is 0 Å². The highest BCUT2D eigenvalue weighted by atomic mass is 32.2. The van der Waals surface area contributed by atoms with Crippen LogP contribution in [0.3, 0.4) is 0 Å². The van der Waals surface area contributed by atoms with Gasteiger partial charge < -0.3 is 10.2 Å². The van der Waals surface area contributed by atoms with E-state index in [-0.39, 0.29) is 35.9 Å². The fourth-order valence-corrected chi connectivity index (χ4v) is 4.14. The lowest BCUT2D eigenvalue weighted by Crippen LogP contribution is -2.43. The molecule has 21 heavy (non-hydrogen) atoms. The maximum absolute atomic E-state index is 13.2. The highest BCUT2D eigenvalue weighted by Gasteiger charge is 2.32. The van der Waals surface area contributed by atoms with E-state index < -0.39 is 9.84 Å². The lowest BCUT2D eigenvalue weighted by molar-refractivity contribution is 0.194. The van der Waals surface area contributed by atoms with E-state index in [2.05, 4.69) is 5.32 Å². The van der Waals surface area contributed by atoms with E-state index in [0.29, 0.717) is 12.0 Å². The van der Waals surface area contributed by atoms with E-state index in [1.54, 1.807) is 26.1 Å². The number of amides is 2. The van der Waals surface area contributed by atoms with Crippen molar-refractivity contribution in [2.45, 2.75) is 25.9 Å². The molecule has 1 aromatic rings. The maximum Gasteiger partial charge on any atom is 0.317 e. The van der Waals surface area contributed by atoms with Crippen molar-refractivity contribution in [3.8, 4) is 0 Å². The van der Waals surface area contributed by atoms with Crippen LogP contribution in [-0.4, -0.2) is 43.9 Å². The van der Waals surface area contributed by atoms with Crippen LogP contribution in [-0.2, 0) is 16.4 Å². The Kier molecular flexibility index (Phi) is 4.51. The molecule has 2 amide bonds. The number of rotatable bonds is 3. The quantitative estimate of drug-likeness (QED) is 0.918. The van der Waals surface area contributed by atoms with E-state index >= 15 is 0 Å². The average molecular weight is 314 g/mol. The lowest BCUT2D eigenvalue weighted by atomic mass is 10.1. The molecule has 0 radical (unpaired) electrons. The first-order chi connectivity index (χ1) is 9.78. The summed E-state index contributed by atoms with van der Waals surface area (Å²) in [6.07, 6.45) is 0.474. The van der Waals surface area contributed by atoms with Crippen LogP contribution in [0.2, 0.25) is 0 Å². The first-order valence-electron chi connectivity index (χ1n) is 6.74. The van der Waals surface area contributed by atoms with E-state index in [4.69, 9.17) is 0 Å². The van der Waals surface area contributed by atoms with Crippen LogP contribution >= 0.6 is 0 Å². The zero-order valence-corrected chi connectivity index (χ0v) is 12.9. The summed E-state index contributed by atoms with van der Waals surface area (Å²) in [7, 11) is -1.42. The van der Waals surface area contributed by atoms with Crippen molar-refractivity contribution < 1.29 is 17.6 Å². The zero-order valence-electron chi connectivity index (χ0n) is 12.1. The molecule has 1 atom stereocenters. The monoisotopic (exact) mass is 314 g/mol. The van der Waals surface area contributed by atoms with Gasteiger partial charge in [0.15, 0.2) is 9.84 Å². The van der Waals surface area contributed by atoms with Crippen molar-refractivity contribution in [3.63, 3.8) is 0 Å². The van der Waals surface area contributed by atoms with Crippen LogP contribution in [0.4, 0.5) is 9.18 Å². The second-order valence-electron chi connectivity index (χ2n) is 5.41. The fraction of sp³-hybridized carbons (Fsp3) is 0.500. The molecule has 0 unspecified atom stereocenters. The first kappa shape index (κ1) is 15.8. The second-order valence-corrected chi connectivity index (χ2v) is 7.64. The highest BCUT2D eigenvalue weighted by molar-refractivity contribution is 7.91. The lowest BCUT2D eigenvalue weighted by Gasteiger charge is -2.23. The van der Waals surface area contributed by atoms with E-state index in [1.807, 2.05) is 0 Å². The van der Waals surface area contributed by atoms with Gasteiger partial charge in [-0.05, 0) is 30.5 Å². The molecule has 7 heteroatoms. The van der Waals surface area contributed by atoms with Crippen molar-refractivity contribution in [2.75, 3.05) is 18.6 Å². The van der Waals surface area contributed by atoms with Crippen molar-refractivity contribution >= 4 is 15.9 Å². The summed E-state index contributed by atoms with van der Waals surface area (Å²) in [5.41, 5.74) is 1.33. The summed E-state index contributed by atoms with van der Waals surface area (Å²) >= 11 is 0. The molecule has 116 valence electrons. The molecule has 1 aromatic carbocycles. The molecule has 2 rings (SSSR count). The molecule has 0 aliphatic carbocycles. The van der Waals surface area contributed by atoms with Gasteiger partial charge in [0.1, 0.15) is 5.82 Å².